The molecule has 1 fully saturated rings. The van der Waals surface area contributed by atoms with Crippen LogP contribution in [-0.2, 0) is 11.5 Å². The van der Waals surface area contributed by atoms with Gasteiger partial charge in [-0.2, -0.15) is 0 Å². The number of halogens is 1. The van der Waals surface area contributed by atoms with Gasteiger partial charge in [-0.1, -0.05) is 36.4 Å². The first kappa shape index (κ1) is 20.6. The van der Waals surface area contributed by atoms with Crippen molar-refractivity contribution in [1.82, 2.24) is 20.1 Å². The number of hydrogen-bond acceptors (Lipinski definition) is 3. The van der Waals surface area contributed by atoms with Gasteiger partial charge < -0.3 is 20.1 Å². The molecule has 1 aliphatic rings. The number of benzene rings is 2. The van der Waals surface area contributed by atoms with Crippen LogP contribution in [0.5, 0.6) is 0 Å². The number of para-hydroxylation sites is 1. The highest BCUT2D eigenvalue weighted by Gasteiger charge is 2.26. The Morgan fingerprint density at radius 2 is 1.58 bits per heavy atom. The highest BCUT2D eigenvalue weighted by molar-refractivity contribution is 6.07. The van der Waals surface area contributed by atoms with E-state index in [1.165, 1.54) is 0 Å². The van der Waals surface area contributed by atoms with Crippen molar-refractivity contribution in [1.29, 1.82) is 0 Å². The predicted octanol–water partition coefficient (Wildman–Crippen LogP) is 2.35. The van der Waals surface area contributed by atoms with E-state index in [4.69, 9.17) is 0 Å². The van der Waals surface area contributed by atoms with Gasteiger partial charge in [-0.05, 0) is 17.7 Å². The van der Waals surface area contributed by atoms with Crippen molar-refractivity contribution in [3.05, 3.63) is 71.4 Å². The van der Waals surface area contributed by atoms with E-state index in [1.54, 1.807) is 40.3 Å². The van der Waals surface area contributed by atoms with Crippen LogP contribution >= 0.6 is 0 Å². The zero-order chi connectivity index (χ0) is 21.8. The van der Waals surface area contributed by atoms with Gasteiger partial charge in [0.1, 0.15) is 6.67 Å². The van der Waals surface area contributed by atoms with Gasteiger partial charge >= 0.3 is 0 Å². The summed E-state index contributed by atoms with van der Waals surface area (Å²) < 4.78 is 13.2. The molecule has 4 rings (SSSR count). The molecule has 0 saturated carbocycles. The summed E-state index contributed by atoms with van der Waals surface area (Å²) in [5.74, 6) is -0.750. The molecule has 0 aliphatic carbocycles. The van der Waals surface area contributed by atoms with Crippen LogP contribution in [0.25, 0.3) is 10.9 Å². The molecule has 0 spiro atoms. The van der Waals surface area contributed by atoms with Crippen LogP contribution in [0.3, 0.4) is 0 Å². The summed E-state index contributed by atoms with van der Waals surface area (Å²) in [7, 11) is 0. The van der Waals surface area contributed by atoms with E-state index in [0.29, 0.717) is 42.9 Å². The fourth-order valence-corrected chi connectivity index (χ4v) is 3.80. The summed E-state index contributed by atoms with van der Waals surface area (Å²) in [6.45, 7) is 0.646. The third kappa shape index (κ3) is 4.28. The highest BCUT2D eigenvalue weighted by atomic mass is 19.1. The number of carbonyl (C=O) groups is 3. The number of piperazine rings is 1. The van der Waals surface area contributed by atoms with E-state index < -0.39 is 6.67 Å². The molecule has 2 heterocycles. The lowest BCUT2D eigenvalue weighted by Crippen LogP contribution is -2.52. The quantitative estimate of drug-likeness (QED) is 0.662. The summed E-state index contributed by atoms with van der Waals surface area (Å²) in [6, 6.07) is 14.1. The molecule has 160 valence electrons. The number of H-pyrrole nitrogens is 1. The molecule has 0 radical (unpaired) electrons. The number of nitrogens with one attached hydrogen (secondary N) is 2. The summed E-state index contributed by atoms with van der Waals surface area (Å²) >= 11 is 0. The maximum Gasteiger partial charge on any atom is 0.254 e. The van der Waals surface area contributed by atoms with Crippen molar-refractivity contribution >= 4 is 28.6 Å². The van der Waals surface area contributed by atoms with Gasteiger partial charge in [-0.3, -0.25) is 14.4 Å². The van der Waals surface area contributed by atoms with Gasteiger partial charge in [0.2, 0.25) is 5.91 Å². The average molecular weight is 422 g/mol. The minimum atomic E-state index is -0.698. The number of amides is 3. The SMILES string of the molecule is O=C(NCC(=O)N1CCN(C(=O)c2ccccc2CF)CC1)c1c[nH]c2ccccc12. The zero-order valence-electron chi connectivity index (χ0n) is 16.9. The molecule has 31 heavy (non-hydrogen) atoms. The summed E-state index contributed by atoms with van der Waals surface area (Å²) in [5.41, 5.74) is 2.07. The standard InChI is InChI=1S/C23H23FN4O3/c24-13-16-5-1-2-6-17(16)23(31)28-11-9-27(10-12-28)21(29)15-26-22(30)19-14-25-20-8-4-3-7-18(19)20/h1-8,14,25H,9-13,15H2,(H,26,30). The Labute approximate surface area is 178 Å². The van der Waals surface area contributed by atoms with Crippen LogP contribution in [-0.4, -0.2) is 65.2 Å². The Kier molecular flexibility index (Phi) is 5.97. The first-order chi connectivity index (χ1) is 15.1. The maximum atomic E-state index is 13.2. The monoisotopic (exact) mass is 422 g/mol. The van der Waals surface area contributed by atoms with Crippen LogP contribution in [0.15, 0.2) is 54.7 Å². The van der Waals surface area contributed by atoms with Crippen LogP contribution < -0.4 is 5.32 Å². The largest absolute Gasteiger partial charge is 0.360 e. The Bertz CT molecular complexity index is 1120. The topological polar surface area (TPSA) is 85.5 Å². The van der Waals surface area contributed by atoms with Gasteiger partial charge in [0.15, 0.2) is 0 Å². The number of nitrogens with zero attached hydrogens (tertiary/aromatic N) is 2. The van der Waals surface area contributed by atoms with Gasteiger partial charge in [-0.25, -0.2) is 4.39 Å². The van der Waals surface area contributed by atoms with E-state index in [2.05, 4.69) is 10.3 Å². The minimum absolute atomic E-state index is 0.114. The summed E-state index contributed by atoms with van der Waals surface area (Å²) in [4.78, 5) is 44.0. The van der Waals surface area contributed by atoms with Gasteiger partial charge in [0.25, 0.3) is 11.8 Å². The van der Waals surface area contributed by atoms with E-state index in [-0.39, 0.29) is 24.3 Å². The molecule has 7 nitrogen and oxygen atoms in total. The minimum Gasteiger partial charge on any atom is -0.360 e. The molecule has 8 heteroatoms. The molecule has 1 saturated heterocycles. The predicted molar refractivity (Wildman–Crippen MR) is 114 cm³/mol. The molecule has 2 N–H and O–H groups in total. The molecular formula is C23H23FN4O3. The Morgan fingerprint density at radius 1 is 0.903 bits per heavy atom. The van der Waals surface area contributed by atoms with Crippen molar-refractivity contribution in [2.45, 2.75) is 6.67 Å². The molecule has 2 aromatic carbocycles. The van der Waals surface area contributed by atoms with Gasteiger partial charge in [0.05, 0.1) is 12.1 Å². The van der Waals surface area contributed by atoms with Crippen LogP contribution in [0.1, 0.15) is 26.3 Å². The number of fused-ring (bicyclic) bond motifs is 1. The summed E-state index contributed by atoms with van der Waals surface area (Å²) in [6.07, 6.45) is 1.63. The van der Waals surface area contributed by atoms with Crippen LogP contribution in [0.4, 0.5) is 4.39 Å². The average Bonchev–Trinajstić information content (AvgIpc) is 3.26. The van der Waals surface area contributed by atoms with Crippen LogP contribution in [0, 0.1) is 0 Å². The molecule has 1 aromatic heterocycles. The van der Waals surface area contributed by atoms with E-state index in [0.717, 1.165) is 10.9 Å². The first-order valence-electron chi connectivity index (χ1n) is 10.1. The molecule has 1 aliphatic heterocycles. The fraction of sp³-hybridized carbons (Fsp3) is 0.261. The number of carbonyl (C=O) groups excluding carboxylic acids is 3. The van der Waals surface area contributed by atoms with Crippen molar-refractivity contribution < 1.29 is 18.8 Å². The second-order valence-electron chi connectivity index (χ2n) is 7.39. The molecule has 0 atom stereocenters. The van der Waals surface area contributed by atoms with Crippen molar-refractivity contribution in [3.8, 4) is 0 Å². The van der Waals surface area contributed by atoms with Crippen molar-refractivity contribution in [2.24, 2.45) is 0 Å². The first-order valence-corrected chi connectivity index (χ1v) is 10.1. The Morgan fingerprint density at radius 3 is 2.35 bits per heavy atom. The van der Waals surface area contributed by atoms with E-state index in [9.17, 15) is 18.8 Å². The Hall–Kier alpha value is -3.68. The zero-order valence-corrected chi connectivity index (χ0v) is 16.9. The lowest BCUT2D eigenvalue weighted by molar-refractivity contribution is -0.131. The van der Waals surface area contributed by atoms with E-state index >= 15 is 0 Å². The van der Waals surface area contributed by atoms with E-state index in [1.807, 2.05) is 24.3 Å². The number of alkyl halides is 1. The molecule has 0 bridgehead atoms. The van der Waals surface area contributed by atoms with Crippen molar-refractivity contribution in [3.63, 3.8) is 0 Å². The highest BCUT2D eigenvalue weighted by Crippen LogP contribution is 2.18. The molecule has 3 aromatic rings. The molecule has 3 amide bonds. The number of aromatic nitrogens is 1. The second-order valence-corrected chi connectivity index (χ2v) is 7.39. The van der Waals surface area contributed by atoms with Crippen LogP contribution in [0.2, 0.25) is 0 Å². The normalized spacial score (nSPS) is 14.0. The lowest BCUT2D eigenvalue weighted by atomic mass is 10.1. The third-order valence-electron chi connectivity index (χ3n) is 5.55. The van der Waals surface area contributed by atoms with Gasteiger partial charge in [-0.15, -0.1) is 0 Å². The summed E-state index contributed by atoms with van der Waals surface area (Å²) in [5, 5.41) is 3.48. The number of hydrogen-bond donors (Lipinski definition) is 2. The number of aromatic amines is 1. The maximum absolute atomic E-state index is 13.2. The fourth-order valence-electron chi connectivity index (χ4n) is 3.80. The smallest absolute Gasteiger partial charge is 0.254 e. The van der Waals surface area contributed by atoms with Crippen molar-refractivity contribution in [2.75, 3.05) is 32.7 Å². The third-order valence-corrected chi connectivity index (χ3v) is 5.55. The molecule has 0 unspecified atom stereocenters. The van der Waals surface area contributed by atoms with Gasteiger partial charge in [0, 0.05) is 48.8 Å². The lowest BCUT2D eigenvalue weighted by Gasteiger charge is -2.35. The second kappa shape index (κ2) is 8.99. The Balaban J connectivity index is 1.30. The number of rotatable bonds is 5. The molecular weight excluding hydrogens is 399 g/mol.